The number of amidine groups is 1. The van der Waals surface area contributed by atoms with E-state index in [-0.39, 0.29) is 40.9 Å². The van der Waals surface area contributed by atoms with Crippen LogP contribution in [-0.4, -0.2) is 57.8 Å². The Morgan fingerprint density at radius 1 is 0.889 bits per heavy atom. The number of nitrogens with one attached hydrogen (secondary N) is 3. The van der Waals surface area contributed by atoms with Crippen LogP contribution >= 0.6 is 15.9 Å². The molecule has 330 valence electrons. The molecule has 2 unspecified atom stereocenters. The summed E-state index contributed by atoms with van der Waals surface area (Å²) in [6.45, 7) is 8.19. The number of hydrogen-bond acceptors (Lipinski definition) is 12. The zero-order chi connectivity index (χ0) is 46.0. The average molecular weight is 922 g/mol. The number of nitrogens with zero attached hydrogens (tertiary/aromatic N) is 4. The number of carbonyl (C=O) groups is 2. The SMILES string of the molecule is CCC1=C(CC)c2cc(Br)ccc2OB1O.CCC1=C(CC)c2cc(Nc3nn(C4CCC[C@@H]4C#N)cc3C(N)=O)ccc2OB1O.N#C[C@H]1CCCC1N/C=C(\C(=N)N)C(N)=O. The second-order valence-electron chi connectivity index (χ2n) is 15.6. The second kappa shape index (κ2) is 21.9. The highest BCUT2D eigenvalue weighted by Gasteiger charge is 2.34. The number of nitrogens with two attached hydrogens (primary N) is 3. The van der Waals surface area contributed by atoms with Crippen LogP contribution in [0.3, 0.4) is 0 Å². The topological polar surface area (TPSA) is 284 Å². The van der Waals surface area contributed by atoms with Gasteiger partial charge < -0.3 is 47.2 Å². The van der Waals surface area contributed by atoms with E-state index in [1.54, 1.807) is 16.9 Å². The Morgan fingerprint density at radius 2 is 1.46 bits per heavy atom. The summed E-state index contributed by atoms with van der Waals surface area (Å²) in [5.74, 6) is -0.112. The number of nitriles is 2. The fraction of sp³-hybridized carbons (Fsp3) is 0.409. The quantitative estimate of drug-likeness (QED) is 0.0414. The molecule has 63 heavy (non-hydrogen) atoms. The van der Waals surface area contributed by atoms with Gasteiger partial charge in [-0.1, -0.05) is 43.6 Å². The first-order chi connectivity index (χ1) is 30.2. The van der Waals surface area contributed by atoms with Crippen molar-refractivity contribution >= 4 is 70.5 Å². The van der Waals surface area contributed by atoms with Crippen molar-refractivity contribution in [2.45, 2.75) is 104 Å². The number of benzene rings is 2. The number of halogens is 1. The van der Waals surface area contributed by atoms with Crippen LogP contribution < -0.4 is 37.1 Å². The summed E-state index contributed by atoms with van der Waals surface area (Å²) in [5.41, 5.74) is 23.0. The van der Waals surface area contributed by atoms with E-state index in [0.717, 1.165) is 101 Å². The predicted molar refractivity (Wildman–Crippen MR) is 248 cm³/mol. The van der Waals surface area contributed by atoms with Crippen molar-refractivity contribution in [1.29, 1.82) is 15.9 Å². The smallest absolute Gasteiger partial charge is 0.532 e. The first-order valence-electron chi connectivity index (χ1n) is 21.3. The molecule has 7 rings (SSSR count). The molecule has 3 heterocycles. The molecule has 2 aliphatic carbocycles. The number of amides is 2. The van der Waals surface area contributed by atoms with Crippen LogP contribution in [0.4, 0.5) is 11.5 Å². The first kappa shape index (κ1) is 48.0. The van der Waals surface area contributed by atoms with Gasteiger partial charge in [0.1, 0.15) is 22.9 Å². The third-order valence-electron chi connectivity index (χ3n) is 11.8. The summed E-state index contributed by atoms with van der Waals surface area (Å²) in [6, 6.07) is 15.9. The molecule has 2 saturated carbocycles. The molecule has 0 saturated heterocycles. The molecular formula is C44H55B2BrN10O6. The van der Waals surface area contributed by atoms with E-state index < -0.39 is 26.1 Å². The van der Waals surface area contributed by atoms with Crippen LogP contribution in [0.2, 0.25) is 0 Å². The lowest BCUT2D eigenvalue weighted by molar-refractivity contribution is -0.114. The third-order valence-corrected chi connectivity index (χ3v) is 12.3. The van der Waals surface area contributed by atoms with Crippen molar-refractivity contribution in [3.05, 3.63) is 86.5 Å². The molecule has 0 bridgehead atoms. The van der Waals surface area contributed by atoms with E-state index in [9.17, 15) is 24.9 Å². The Kier molecular flexibility index (Phi) is 16.7. The number of anilines is 2. The van der Waals surface area contributed by atoms with Crippen molar-refractivity contribution in [3.8, 4) is 23.6 Å². The first-order valence-corrected chi connectivity index (χ1v) is 22.1. The Bertz CT molecular complexity index is 2370. The fourth-order valence-electron chi connectivity index (χ4n) is 8.59. The maximum absolute atomic E-state index is 12.0. The minimum atomic E-state index is -0.928. The van der Waals surface area contributed by atoms with Gasteiger partial charge in [-0.3, -0.25) is 19.7 Å². The standard InChI is InChI=1S/C22H26BN5O3.C12H14BBrO2.C10H15N5O/c1-3-15-16-10-14(8-9-20(16)31-23(30)18(15)4-2)26-22-17(21(25)29)12-28(27-22)19-7-5-6-13(19)11-24;1-3-9-10-7-8(14)5-6-12(10)16-13(15)11(9)4-2;11-4-6-2-1-3-8(6)15-5-7(9(12)13)10(14)16/h8-10,12-13,19,30H,3-7H2,1-2H3,(H2,25,29)(H,26,27);5-7,15H,3-4H2,1-2H3;5-6,8,15H,1-3H2,(H3,12,13)(H2,14,16)/b;;7-5+/t13-,19?;;6-,8?/m1.1/s1. The summed E-state index contributed by atoms with van der Waals surface area (Å²) >= 11 is 3.46. The van der Waals surface area contributed by atoms with Crippen molar-refractivity contribution in [3.63, 3.8) is 0 Å². The monoisotopic (exact) mass is 920 g/mol. The number of carbonyl (C=O) groups excluding carboxylic acids is 2. The molecule has 2 fully saturated rings. The normalized spacial score (nSPS) is 20.0. The number of hydrogen-bond donors (Lipinski definition) is 8. The van der Waals surface area contributed by atoms with E-state index in [0.29, 0.717) is 18.0 Å². The maximum atomic E-state index is 12.0. The highest BCUT2D eigenvalue weighted by molar-refractivity contribution is 9.10. The molecule has 2 aromatic carbocycles. The van der Waals surface area contributed by atoms with Crippen LogP contribution in [0.15, 0.2) is 69.8 Å². The minimum absolute atomic E-state index is 0.0127. The second-order valence-corrected chi connectivity index (χ2v) is 16.5. The Balaban J connectivity index is 0.000000197. The number of fused-ring (bicyclic) bond motifs is 2. The average Bonchev–Trinajstić information content (AvgIpc) is 4.03. The maximum Gasteiger partial charge on any atom is 0.556 e. The number of rotatable bonds is 12. The number of allylic oxidation sites excluding steroid dienone is 4. The molecule has 1 aromatic heterocycles. The van der Waals surface area contributed by atoms with Crippen LogP contribution in [0.1, 0.15) is 119 Å². The van der Waals surface area contributed by atoms with Crippen molar-refractivity contribution in [2.75, 3.05) is 5.32 Å². The van der Waals surface area contributed by atoms with Crippen molar-refractivity contribution < 1.29 is 28.9 Å². The van der Waals surface area contributed by atoms with Gasteiger partial charge in [-0.15, -0.1) is 0 Å². The summed E-state index contributed by atoms with van der Waals surface area (Å²) in [6.07, 6.45) is 11.5. The molecule has 0 radical (unpaired) electrons. The van der Waals surface area contributed by atoms with E-state index in [1.165, 1.54) is 11.8 Å². The number of primary amides is 2. The van der Waals surface area contributed by atoms with Gasteiger partial charge in [-0.05, 0) is 123 Å². The van der Waals surface area contributed by atoms with Gasteiger partial charge in [0.2, 0.25) is 0 Å². The lowest BCUT2D eigenvalue weighted by Gasteiger charge is -2.25. The summed E-state index contributed by atoms with van der Waals surface area (Å²) < 4.78 is 13.9. The largest absolute Gasteiger partial charge is 0.556 e. The zero-order valence-electron chi connectivity index (χ0n) is 36.1. The Hall–Kier alpha value is -6.01. The summed E-state index contributed by atoms with van der Waals surface area (Å²) in [7, 11) is -1.71. The van der Waals surface area contributed by atoms with E-state index in [2.05, 4.69) is 56.8 Å². The van der Waals surface area contributed by atoms with Gasteiger partial charge in [0.25, 0.3) is 11.8 Å². The van der Waals surface area contributed by atoms with Gasteiger partial charge in [0, 0.05) is 39.7 Å². The molecule has 4 atom stereocenters. The molecule has 2 aliphatic heterocycles. The lowest BCUT2D eigenvalue weighted by atomic mass is 9.70. The summed E-state index contributed by atoms with van der Waals surface area (Å²) in [5, 5.41) is 56.3. The number of aromatic nitrogens is 2. The minimum Gasteiger partial charge on any atom is -0.532 e. The van der Waals surface area contributed by atoms with E-state index in [1.807, 2.05) is 45.0 Å². The predicted octanol–water partition coefficient (Wildman–Crippen LogP) is 6.58. The van der Waals surface area contributed by atoms with Gasteiger partial charge in [-0.2, -0.15) is 15.6 Å². The van der Waals surface area contributed by atoms with Gasteiger partial charge in [0.15, 0.2) is 5.82 Å². The molecule has 4 aliphatic rings. The van der Waals surface area contributed by atoms with Gasteiger partial charge in [-0.25, -0.2) is 0 Å². The zero-order valence-corrected chi connectivity index (χ0v) is 37.7. The van der Waals surface area contributed by atoms with Crippen LogP contribution in [0.5, 0.6) is 11.5 Å². The molecule has 0 spiro atoms. The molecule has 3 aromatic rings. The molecular weight excluding hydrogens is 866 g/mol. The van der Waals surface area contributed by atoms with Crippen LogP contribution in [0, 0.1) is 39.9 Å². The van der Waals surface area contributed by atoms with Gasteiger partial charge >= 0.3 is 14.2 Å². The molecule has 2 amide bonds. The molecule has 11 N–H and O–H groups in total. The third kappa shape index (κ3) is 11.1. The summed E-state index contributed by atoms with van der Waals surface area (Å²) in [4.78, 5) is 23.0. The van der Waals surface area contributed by atoms with Crippen molar-refractivity contribution in [2.24, 2.45) is 29.0 Å². The molecule has 16 nitrogen and oxygen atoms in total. The van der Waals surface area contributed by atoms with E-state index >= 15 is 0 Å². The van der Waals surface area contributed by atoms with Crippen LogP contribution in [-0.2, 0) is 4.79 Å². The highest BCUT2D eigenvalue weighted by atomic mass is 79.9. The molecule has 19 heteroatoms. The van der Waals surface area contributed by atoms with Gasteiger partial charge in [0.05, 0.1) is 35.6 Å². The Labute approximate surface area is 377 Å². The highest BCUT2D eigenvalue weighted by Crippen LogP contribution is 2.41. The van der Waals surface area contributed by atoms with Crippen LogP contribution in [0.25, 0.3) is 11.1 Å². The fourth-order valence-corrected chi connectivity index (χ4v) is 8.95. The Morgan fingerprint density at radius 3 is 2.00 bits per heavy atom. The van der Waals surface area contributed by atoms with E-state index in [4.69, 9.17) is 37.2 Å². The lowest BCUT2D eigenvalue weighted by Crippen LogP contribution is -2.32. The van der Waals surface area contributed by atoms with Crippen molar-refractivity contribution in [1.82, 2.24) is 15.1 Å².